The first-order chi connectivity index (χ1) is 13.3. The molecule has 29 heavy (non-hydrogen) atoms. The van der Waals surface area contributed by atoms with Gasteiger partial charge in [0.25, 0.3) is 0 Å². The Morgan fingerprint density at radius 2 is 2.14 bits per heavy atom. The lowest BCUT2D eigenvalue weighted by atomic mass is 10.2. The standard InChI is InChI=1S/C20H36N6O2.HI/c1-6-21-18(23-10-7-8-12-25-14-11-22-16(25)2)26-13-9-17(15-26)24-19(27)28-20(3,4)5;/h11,14,17H,6-10,12-13,15H2,1-5H3,(H,21,23)(H,24,27);1H. The van der Waals surface area contributed by atoms with Crippen LogP contribution in [0.1, 0.15) is 52.8 Å². The lowest BCUT2D eigenvalue weighted by Gasteiger charge is -2.23. The number of alkyl carbamates (subject to hydrolysis) is 1. The number of aryl methyl sites for hydroxylation is 2. The molecule has 0 aromatic carbocycles. The summed E-state index contributed by atoms with van der Waals surface area (Å²) in [6.07, 6.45) is 6.50. The second-order valence-electron chi connectivity index (χ2n) is 8.19. The van der Waals surface area contributed by atoms with Crippen LogP contribution in [0.3, 0.4) is 0 Å². The van der Waals surface area contributed by atoms with Gasteiger partial charge in [-0.15, -0.1) is 24.0 Å². The van der Waals surface area contributed by atoms with Gasteiger partial charge in [-0.2, -0.15) is 0 Å². The van der Waals surface area contributed by atoms with Crippen LogP contribution in [0.25, 0.3) is 0 Å². The van der Waals surface area contributed by atoms with Crippen molar-refractivity contribution >= 4 is 36.0 Å². The van der Waals surface area contributed by atoms with E-state index in [-0.39, 0.29) is 36.1 Å². The maximum absolute atomic E-state index is 12.0. The normalized spacial score (nSPS) is 17.1. The molecule has 1 amide bonds. The Labute approximate surface area is 191 Å². The van der Waals surface area contributed by atoms with Crippen molar-refractivity contribution in [2.24, 2.45) is 4.99 Å². The van der Waals surface area contributed by atoms with Gasteiger partial charge in [0.15, 0.2) is 5.96 Å². The number of rotatable bonds is 7. The number of guanidine groups is 1. The highest BCUT2D eigenvalue weighted by Gasteiger charge is 2.27. The largest absolute Gasteiger partial charge is 0.444 e. The molecule has 2 N–H and O–H groups in total. The van der Waals surface area contributed by atoms with E-state index < -0.39 is 5.60 Å². The maximum atomic E-state index is 12.0. The first kappa shape index (κ1) is 25.5. The van der Waals surface area contributed by atoms with Crippen molar-refractivity contribution in [3.05, 3.63) is 18.2 Å². The molecule has 1 fully saturated rings. The van der Waals surface area contributed by atoms with Gasteiger partial charge in [0, 0.05) is 45.1 Å². The third-order valence-electron chi connectivity index (χ3n) is 4.54. The number of amides is 1. The summed E-state index contributed by atoms with van der Waals surface area (Å²) < 4.78 is 7.52. The minimum Gasteiger partial charge on any atom is -0.444 e. The lowest BCUT2D eigenvalue weighted by molar-refractivity contribution is 0.0507. The summed E-state index contributed by atoms with van der Waals surface area (Å²) in [5, 5.41) is 6.33. The van der Waals surface area contributed by atoms with Gasteiger partial charge in [-0.25, -0.2) is 9.78 Å². The summed E-state index contributed by atoms with van der Waals surface area (Å²) >= 11 is 0. The summed E-state index contributed by atoms with van der Waals surface area (Å²) in [6.45, 7) is 13.9. The third kappa shape index (κ3) is 9.22. The molecular weight excluding hydrogens is 483 g/mol. The summed E-state index contributed by atoms with van der Waals surface area (Å²) in [5.74, 6) is 1.98. The lowest BCUT2D eigenvalue weighted by Crippen LogP contribution is -2.44. The Morgan fingerprint density at radius 1 is 1.38 bits per heavy atom. The van der Waals surface area contributed by atoms with E-state index in [1.807, 2.05) is 40.1 Å². The van der Waals surface area contributed by atoms with Crippen molar-refractivity contribution in [3.63, 3.8) is 0 Å². The Hall–Kier alpha value is -1.52. The molecule has 0 spiro atoms. The van der Waals surface area contributed by atoms with E-state index in [0.29, 0.717) is 0 Å². The van der Waals surface area contributed by atoms with Crippen LogP contribution in [0, 0.1) is 6.92 Å². The molecule has 8 nitrogen and oxygen atoms in total. The van der Waals surface area contributed by atoms with E-state index in [9.17, 15) is 4.79 Å². The molecule has 9 heteroatoms. The number of imidazole rings is 1. The SMILES string of the molecule is CCNC(=NCCCCn1ccnc1C)N1CCC(NC(=O)OC(C)(C)C)C1.I. The summed E-state index contributed by atoms with van der Waals surface area (Å²) in [4.78, 5) is 23.2. The maximum Gasteiger partial charge on any atom is 0.407 e. The molecule has 2 rings (SSSR count). The highest BCUT2D eigenvalue weighted by Crippen LogP contribution is 2.12. The first-order valence-corrected chi connectivity index (χ1v) is 10.3. The van der Waals surface area contributed by atoms with E-state index in [2.05, 4.69) is 32.0 Å². The predicted molar refractivity (Wildman–Crippen MR) is 127 cm³/mol. The fraction of sp³-hybridized carbons (Fsp3) is 0.750. The van der Waals surface area contributed by atoms with Crippen LogP contribution in [-0.2, 0) is 11.3 Å². The van der Waals surface area contributed by atoms with Crippen molar-refractivity contribution in [2.75, 3.05) is 26.2 Å². The fourth-order valence-corrected chi connectivity index (χ4v) is 3.19. The smallest absolute Gasteiger partial charge is 0.407 e. The fourth-order valence-electron chi connectivity index (χ4n) is 3.19. The summed E-state index contributed by atoms with van der Waals surface area (Å²) in [5.41, 5.74) is -0.478. The van der Waals surface area contributed by atoms with Gasteiger partial charge < -0.3 is 24.8 Å². The summed E-state index contributed by atoms with van der Waals surface area (Å²) in [7, 11) is 0. The number of ether oxygens (including phenoxy) is 1. The van der Waals surface area contributed by atoms with E-state index in [0.717, 1.165) is 63.8 Å². The van der Waals surface area contributed by atoms with E-state index >= 15 is 0 Å². The van der Waals surface area contributed by atoms with Crippen LogP contribution in [0.2, 0.25) is 0 Å². The van der Waals surface area contributed by atoms with Gasteiger partial charge in [-0.3, -0.25) is 4.99 Å². The average molecular weight is 520 g/mol. The van der Waals surface area contributed by atoms with Crippen LogP contribution in [0.4, 0.5) is 4.79 Å². The Balaban J connectivity index is 0.00000420. The van der Waals surface area contributed by atoms with Crippen molar-refractivity contribution in [3.8, 4) is 0 Å². The number of nitrogens with zero attached hydrogens (tertiary/aromatic N) is 4. The molecule has 0 radical (unpaired) electrons. The van der Waals surface area contributed by atoms with E-state index in [1.165, 1.54) is 0 Å². The molecule has 0 aliphatic carbocycles. The van der Waals surface area contributed by atoms with Crippen molar-refractivity contribution in [2.45, 2.75) is 72.1 Å². The van der Waals surface area contributed by atoms with Gasteiger partial charge >= 0.3 is 6.09 Å². The zero-order chi connectivity index (χ0) is 20.6. The molecule has 1 aliphatic rings. The molecule has 1 aliphatic heterocycles. The monoisotopic (exact) mass is 520 g/mol. The number of hydrogen-bond donors (Lipinski definition) is 2. The van der Waals surface area contributed by atoms with Crippen LogP contribution in [-0.4, -0.2) is 64.3 Å². The van der Waals surface area contributed by atoms with Crippen LogP contribution in [0.15, 0.2) is 17.4 Å². The van der Waals surface area contributed by atoms with Gasteiger partial charge in [-0.1, -0.05) is 0 Å². The Bertz CT molecular complexity index is 656. The van der Waals surface area contributed by atoms with Crippen LogP contribution in [0.5, 0.6) is 0 Å². The molecule has 0 bridgehead atoms. The first-order valence-electron chi connectivity index (χ1n) is 10.3. The molecule has 1 unspecified atom stereocenters. The van der Waals surface area contributed by atoms with Crippen LogP contribution >= 0.6 is 24.0 Å². The number of likely N-dealkylation sites (tertiary alicyclic amines) is 1. The molecule has 1 saturated heterocycles. The van der Waals surface area contributed by atoms with E-state index in [4.69, 9.17) is 9.73 Å². The minimum absolute atomic E-state index is 0. The van der Waals surface area contributed by atoms with Crippen LogP contribution < -0.4 is 10.6 Å². The Morgan fingerprint density at radius 3 is 2.76 bits per heavy atom. The van der Waals surface area contributed by atoms with Gasteiger partial charge in [0.05, 0.1) is 6.04 Å². The minimum atomic E-state index is -0.478. The molecule has 2 heterocycles. The van der Waals surface area contributed by atoms with Gasteiger partial charge in [-0.05, 0) is 53.9 Å². The van der Waals surface area contributed by atoms with Crippen molar-refractivity contribution < 1.29 is 9.53 Å². The summed E-state index contributed by atoms with van der Waals surface area (Å²) in [6, 6.07) is 0.0860. The van der Waals surface area contributed by atoms with Gasteiger partial charge in [0.2, 0.25) is 0 Å². The molecule has 0 saturated carbocycles. The number of aliphatic imine (C=N–C) groups is 1. The zero-order valence-corrected chi connectivity index (χ0v) is 20.7. The average Bonchev–Trinajstić information content (AvgIpc) is 3.21. The van der Waals surface area contributed by atoms with Gasteiger partial charge in [0.1, 0.15) is 11.4 Å². The molecule has 1 aromatic rings. The van der Waals surface area contributed by atoms with Crippen molar-refractivity contribution in [1.29, 1.82) is 0 Å². The quantitative estimate of drug-likeness (QED) is 0.250. The molecule has 1 aromatic heterocycles. The number of carbonyl (C=O) groups is 1. The van der Waals surface area contributed by atoms with Crippen molar-refractivity contribution in [1.82, 2.24) is 25.1 Å². The number of nitrogens with one attached hydrogen (secondary N) is 2. The molecular formula is C20H37IN6O2. The molecule has 166 valence electrons. The second-order valence-corrected chi connectivity index (χ2v) is 8.19. The number of unbranched alkanes of at least 4 members (excludes halogenated alkanes) is 1. The highest BCUT2D eigenvalue weighted by molar-refractivity contribution is 14.0. The second kappa shape index (κ2) is 12.2. The highest BCUT2D eigenvalue weighted by atomic mass is 127. The topological polar surface area (TPSA) is 83.8 Å². The number of halogens is 1. The third-order valence-corrected chi connectivity index (χ3v) is 4.54. The van der Waals surface area contributed by atoms with E-state index in [1.54, 1.807) is 0 Å². The molecule has 1 atom stereocenters. The number of hydrogen-bond acceptors (Lipinski definition) is 4. The predicted octanol–water partition coefficient (Wildman–Crippen LogP) is 3.15. The number of carbonyl (C=O) groups excluding carboxylic acids is 1. The Kier molecular flexibility index (Phi) is 10.8. The zero-order valence-electron chi connectivity index (χ0n) is 18.4. The number of aromatic nitrogens is 2.